The Bertz CT molecular complexity index is 558. The lowest BCUT2D eigenvalue weighted by atomic mass is 10.2. The summed E-state index contributed by atoms with van der Waals surface area (Å²) < 4.78 is 5.23. The molecule has 0 saturated heterocycles. The van der Waals surface area contributed by atoms with Crippen LogP contribution < -0.4 is 10.6 Å². The second-order valence-corrected chi connectivity index (χ2v) is 4.56. The zero-order chi connectivity index (χ0) is 13.8. The summed E-state index contributed by atoms with van der Waals surface area (Å²) in [6.07, 6.45) is 1.59. The van der Waals surface area contributed by atoms with Crippen LogP contribution in [0.1, 0.15) is 13.8 Å². The van der Waals surface area contributed by atoms with Crippen molar-refractivity contribution in [2.24, 2.45) is 0 Å². The van der Waals surface area contributed by atoms with E-state index in [9.17, 15) is 0 Å². The third-order valence-electron chi connectivity index (χ3n) is 3.19. The first-order valence-corrected chi connectivity index (χ1v) is 6.43. The zero-order valence-corrected chi connectivity index (χ0v) is 11.6. The summed E-state index contributed by atoms with van der Waals surface area (Å²) in [6, 6.07) is 5.94. The molecule has 1 atom stereocenters. The van der Waals surface area contributed by atoms with Crippen LogP contribution in [0.4, 0.5) is 11.5 Å². The summed E-state index contributed by atoms with van der Waals surface area (Å²) in [5.41, 5.74) is 7.50. The fourth-order valence-corrected chi connectivity index (χ4v) is 2.29. The van der Waals surface area contributed by atoms with Gasteiger partial charge >= 0.3 is 0 Å². The van der Waals surface area contributed by atoms with Gasteiger partial charge in [0.05, 0.1) is 18.2 Å². The normalized spacial score (nSPS) is 12.6. The summed E-state index contributed by atoms with van der Waals surface area (Å²) >= 11 is 0. The van der Waals surface area contributed by atoms with E-state index >= 15 is 0 Å². The van der Waals surface area contributed by atoms with Crippen LogP contribution in [-0.2, 0) is 4.74 Å². The van der Waals surface area contributed by atoms with E-state index in [4.69, 9.17) is 10.5 Å². The van der Waals surface area contributed by atoms with Gasteiger partial charge in [-0.3, -0.25) is 0 Å². The summed E-state index contributed by atoms with van der Waals surface area (Å²) in [7, 11) is 1.71. The van der Waals surface area contributed by atoms with Gasteiger partial charge in [0.2, 0.25) is 0 Å². The SMILES string of the molecule is CCN(c1ncnc2ccc(N)cc12)C(C)COC. The van der Waals surface area contributed by atoms with E-state index in [1.54, 1.807) is 13.4 Å². The maximum absolute atomic E-state index is 5.87. The van der Waals surface area contributed by atoms with Crippen molar-refractivity contribution in [3.63, 3.8) is 0 Å². The molecular formula is C14H20N4O. The van der Waals surface area contributed by atoms with Gasteiger partial charge in [-0.05, 0) is 32.0 Å². The summed E-state index contributed by atoms with van der Waals surface area (Å²) in [4.78, 5) is 10.9. The van der Waals surface area contributed by atoms with E-state index in [2.05, 4.69) is 28.7 Å². The number of methoxy groups -OCH3 is 1. The van der Waals surface area contributed by atoms with Crippen molar-refractivity contribution in [2.45, 2.75) is 19.9 Å². The molecule has 2 aromatic rings. The third-order valence-corrected chi connectivity index (χ3v) is 3.19. The third kappa shape index (κ3) is 2.76. The summed E-state index contributed by atoms with van der Waals surface area (Å²) in [5, 5.41) is 0.979. The van der Waals surface area contributed by atoms with Crippen LogP contribution in [0.15, 0.2) is 24.5 Å². The number of aromatic nitrogens is 2. The van der Waals surface area contributed by atoms with Crippen LogP contribution in [-0.4, -0.2) is 36.3 Å². The van der Waals surface area contributed by atoms with E-state index in [1.165, 1.54) is 0 Å². The molecule has 19 heavy (non-hydrogen) atoms. The van der Waals surface area contributed by atoms with Crippen molar-refractivity contribution >= 4 is 22.4 Å². The number of benzene rings is 1. The first-order chi connectivity index (χ1) is 9.17. The lowest BCUT2D eigenvalue weighted by molar-refractivity contribution is 0.182. The molecule has 0 saturated carbocycles. The number of nitrogens with two attached hydrogens (primary N) is 1. The summed E-state index contributed by atoms with van der Waals surface area (Å²) in [5.74, 6) is 0.907. The van der Waals surface area contributed by atoms with Crippen molar-refractivity contribution in [1.82, 2.24) is 9.97 Å². The highest BCUT2D eigenvalue weighted by atomic mass is 16.5. The first-order valence-electron chi connectivity index (χ1n) is 6.43. The van der Waals surface area contributed by atoms with Gasteiger partial charge in [0, 0.05) is 24.7 Å². The molecule has 1 aromatic heterocycles. The molecule has 2 rings (SSSR count). The maximum atomic E-state index is 5.87. The fraction of sp³-hybridized carbons (Fsp3) is 0.429. The second-order valence-electron chi connectivity index (χ2n) is 4.56. The standard InChI is InChI=1S/C14H20N4O/c1-4-18(10(2)8-19-3)14-12-7-11(15)5-6-13(12)16-9-17-14/h5-7,9-10H,4,8,15H2,1-3H3. The quantitative estimate of drug-likeness (QED) is 0.834. The fourth-order valence-electron chi connectivity index (χ4n) is 2.29. The number of rotatable bonds is 5. The zero-order valence-electron chi connectivity index (χ0n) is 11.6. The highest BCUT2D eigenvalue weighted by Crippen LogP contribution is 2.26. The van der Waals surface area contributed by atoms with E-state index < -0.39 is 0 Å². The Morgan fingerprint density at radius 2 is 2.16 bits per heavy atom. The molecule has 0 radical (unpaired) electrons. The Morgan fingerprint density at radius 1 is 1.37 bits per heavy atom. The van der Waals surface area contributed by atoms with E-state index in [0.29, 0.717) is 6.61 Å². The Labute approximate surface area is 113 Å². The van der Waals surface area contributed by atoms with Gasteiger partial charge in [-0.1, -0.05) is 0 Å². The Hall–Kier alpha value is -1.88. The monoisotopic (exact) mass is 260 g/mol. The van der Waals surface area contributed by atoms with Crippen LogP contribution in [0.2, 0.25) is 0 Å². The molecule has 1 aromatic carbocycles. The van der Waals surface area contributed by atoms with Crippen LogP contribution >= 0.6 is 0 Å². The Balaban J connectivity index is 2.50. The van der Waals surface area contributed by atoms with Crippen LogP contribution in [0.25, 0.3) is 10.9 Å². The minimum atomic E-state index is 0.245. The van der Waals surface area contributed by atoms with Gasteiger partial charge in [0.15, 0.2) is 0 Å². The second kappa shape index (κ2) is 5.84. The number of hydrogen-bond donors (Lipinski definition) is 1. The molecule has 0 aliphatic carbocycles. The van der Waals surface area contributed by atoms with Crippen molar-refractivity contribution in [3.8, 4) is 0 Å². The number of nitrogens with zero attached hydrogens (tertiary/aromatic N) is 3. The van der Waals surface area contributed by atoms with Crippen LogP contribution in [0.5, 0.6) is 0 Å². The highest BCUT2D eigenvalue weighted by Gasteiger charge is 2.16. The molecule has 0 bridgehead atoms. The smallest absolute Gasteiger partial charge is 0.140 e. The van der Waals surface area contributed by atoms with Crippen molar-refractivity contribution in [2.75, 3.05) is 30.9 Å². The molecule has 0 aliphatic heterocycles. The van der Waals surface area contributed by atoms with Crippen LogP contribution in [0, 0.1) is 0 Å². The number of anilines is 2. The summed E-state index contributed by atoms with van der Waals surface area (Å²) in [6.45, 7) is 5.73. The Kier molecular flexibility index (Phi) is 4.16. The molecular weight excluding hydrogens is 240 g/mol. The van der Waals surface area contributed by atoms with Crippen molar-refractivity contribution in [3.05, 3.63) is 24.5 Å². The van der Waals surface area contributed by atoms with Gasteiger partial charge in [0.1, 0.15) is 12.1 Å². The largest absolute Gasteiger partial charge is 0.399 e. The molecule has 5 heteroatoms. The highest BCUT2D eigenvalue weighted by molar-refractivity contribution is 5.91. The minimum absolute atomic E-state index is 0.245. The van der Waals surface area contributed by atoms with Crippen molar-refractivity contribution < 1.29 is 4.74 Å². The molecule has 102 valence electrons. The molecule has 0 aliphatic rings. The van der Waals surface area contributed by atoms with Crippen LogP contribution in [0.3, 0.4) is 0 Å². The van der Waals surface area contributed by atoms with Gasteiger partial charge in [-0.25, -0.2) is 9.97 Å². The number of likely N-dealkylation sites (N-methyl/N-ethyl adjacent to an activating group) is 1. The topological polar surface area (TPSA) is 64.3 Å². The molecule has 5 nitrogen and oxygen atoms in total. The molecule has 1 heterocycles. The lowest BCUT2D eigenvalue weighted by Crippen LogP contribution is -2.36. The predicted octanol–water partition coefficient (Wildman–Crippen LogP) is 2.07. The maximum Gasteiger partial charge on any atom is 0.140 e. The number of fused-ring (bicyclic) bond motifs is 1. The average Bonchev–Trinajstić information content (AvgIpc) is 2.40. The Morgan fingerprint density at radius 3 is 2.84 bits per heavy atom. The van der Waals surface area contributed by atoms with E-state index in [0.717, 1.165) is 29.0 Å². The molecule has 1 unspecified atom stereocenters. The number of ether oxygens (including phenoxy) is 1. The molecule has 0 spiro atoms. The lowest BCUT2D eigenvalue weighted by Gasteiger charge is -2.29. The molecule has 0 amide bonds. The average molecular weight is 260 g/mol. The van der Waals surface area contributed by atoms with Gasteiger partial charge in [-0.15, -0.1) is 0 Å². The van der Waals surface area contributed by atoms with E-state index in [-0.39, 0.29) is 6.04 Å². The van der Waals surface area contributed by atoms with Gasteiger partial charge in [0.25, 0.3) is 0 Å². The van der Waals surface area contributed by atoms with Gasteiger partial charge in [-0.2, -0.15) is 0 Å². The van der Waals surface area contributed by atoms with E-state index in [1.807, 2.05) is 18.2 Å². The van der Waals surface area contributed by atoms with Gasteiger partial charge < -0.3 is 15.4 Å². The minimum Gasteiger partial charge on any atom is -0.399 e. The number of nitrogen functional groups attached to an aromatic ring is 1. The number of hydrogen-bond acceptors (Lipinski definition) is 5. The predicted molar refractivity (Wildman–Crippen MR) is 78.3 cm³/mol. The molecule has 2 N–H and O–H groups in total. The first kappa shape index (κ1) is 13.5. The molecule has 0 fully saturated rings. The van der Waals surface area contributed by atoms with Crippen molar-refractivity contribution in [1.29, 1.82) is 0 Å².